The standard InChI is InChI=1S/C12H18N2O2S/c15-9-10-4-1-2-6-14(10)12(17)13-8-11-5-3-7-16-11/h3,5,7,10,15H,1-2,4,6,8-9H2,(H,13,17)/t10-/m0/s1. The Labute approximate surface area is 107 Å². The molecule has 0 aliphatic carbocycles. The third-order valence-corrected chi connectivity index (χ3v) is 3.47. The smallest absolute Gasteiger partial charge is 0.169 e. The van der Waals surface area contributed by atoms with Crippen LogP contribution in [-0.2, 0) is 6.54 Å². The Morgan fingerprint density at radius 2 is 2.47 bits per heavy atom. The summed E-state index contributed by atoms with van der Waals surface area (Å²) in [5.41, 5.74) is 0. The molecule has 1 atom stereocenters. The zero-order valence-corrected chi connectivity index (χ0v) is 10.6. The summed E-state index contributed by atoms with van der Waals surface area (Å²) in [6.07, 6.45) is 4.97. The van der Waals surface area contributed by atoms with Crippen LogP contribution in [0.3, 0.4) is 0 Å². The molecule has 1 fully saturated rings. The zero-order valence-electron chi connectivity index (χ0n) is 9.76. The highest BCUT2D eigenvalue weighted by Gasteiger charge is 2.23. The molecule has 1 saturated heterocycles. The van der Waals surface area contributed by atoms with Crippen molar-refractivity contribution in [3.63, 3.8) is 0 Å². The van der Waals surface area contributed by atoms with Gasteiger partial charge in [0.15, 0.2) is 5.11 Å². The van der Waals surface area contributed by atoms with Gasteiger partial charge in [-0.2, -0.15) is 0 Å². The summed E-state index contributed by atoms with van der Waals surface area (Å²) in [6, 6.07) is 3.94. The Bertz CT molecular complexity index is 353. The van der Waals surface area contributed by atoms with Gasteiger partial charge in [-0.05, 0) is 43.6 Å². The summed E-state index contributed by atoms with van der Waals surface area (Å²) in [5, 5.41) is 13.2. The van der Waals surface area contributed by atoms with E-state index in [1.165, 1.54) is 6.42 Å². The van der Waals surface area contributed by atoms with Gasteiger partial charge >= 0.3 is 0 Å². The van der Waals surface area contributed by atoms with Crippen LogP contribution in [0.5, 0.6) is 0 Å². The third-order valence-electron chi connectivity index (χ3n) is 3.09. The van der Waals surface area contributed by atoms with Gasteiger partial charge in [0.1, 0.15) is 5.76 Å². The van der Waals surface area contributed by atoms with Crippen molar-refractivity contribution in [2.45, 2.75) is 31.8 Å². The van der Waals surface area contributed by atoms with Crippen LogP contribution >= 0.6 is 12.2 Å². The minimum atomic E-state index is 0.167. The largest absolute Gasteiger partial charge is 0.467 e. The van der Waals surface area contributed by atoms with Crippen LogP contribution in [0.25, 0.3) is 0 Å². The summed E-state index contributed by atoms with van der Waals surface area (Å²) in [4.78, 5) is 2.09. The molecule has 0 saturated carbocycles. The van der Waals surface area contributed by atoms with Crippen LogP contribution in [0.1, 0.15) is 25.0 Å². The number of aliphatic hydroxyl groups is 1. The average molecular weight is 254 g/mol. The van der Waals surface area contributed by atoms with Crippen LogP contribution in [0.4, 0.5) is 0 Å². The van der Waals surface area contributed by atoms with Gasteiger partial charge in [-0.3, -0.25) is 0 Å². The van der Waals surface area contributed by atoms with E-state index in [4.69, 9.17) is 16.6 Å². The first-order chi connectivity index (χ1) is 8.31. The molecule has 2 N–H and O–H groups in total. The van der Waals surface area contributed by atoms with Crippen molar-refractivity contribution in [3.8, 4) is 0 Å². The Balaban J connectivity index is 1.85. The highest BCUT2D eigenvalue weighted by atomic mass is 32.1. The van der Waals surface area contributed by atoms with Gasteiger partial charge in [-0.1, -0.05) is 0 Å². The molecular weight excluding hydrogens is 236 g/mol. The second-order valence-electron chi connectivity index (χ2n) is 4.26. The summed E-state index contributed by atoms with van der Waals surface area (Å²) in [6.45, 7) is 1.69. The van der Waals surface area contributed by atoms with E-state index in [0.29, 0.717) is 11.7 Å². The SMILES string of the molecule is OC[C@@H]1CCCCN1C(=S)NCc1ccco1. The third kappa shape index (κ3) is 3.20. The lowest BCUT2D eigenvalue weighted by molar-refractivity contribution is 0.146. The number of hydrogen-bond donors (Lipinski definition) is 2. The number of nitrogens with zero attached hydrogens (tertiary/aromatic N) is 1. The quantitative estimate of drug-likeness (QED) is 0.801. The first kappa shape index (κ1) is 12.4. The lowest BCUT2D eigenvalue weighted by Gasteiger charge is -2.36. The summed E-state index contributed by atoms with van der Waals surface area (Å²) >= 11 is 5.35. The Morgan fingerprint density at radius 1 is 1.59 bits per heavy atom. The Kier molecular flexibility index (Phi) is 4.39. The van der Waals surface area contributed by atoms with E-state index in [1.54, 1.807) is 6.26 Å². The van der Waals surface area contributed by atoms with Crippen molar-refractivity contribution in [1.29, 1.82) is 0 Å². The molecule has 2 rings (SSSR count). The average Bonchev–Trinajstić information content (AvgIpc) is 2.89. The monoisotopic (exact) mass is 254 g/mol. The van der Waals surface area contributed by atoms with Crippen LogP contribution in [-0.4, -0.2) is 34.3 Å². The molecule has 5 heteroatoms. The van der Waals surface area contributed by atoms with Crippen molar-refractivity contribution >= 4 is 17.3 Å². The number of rotatable bonds is 3. The Morgan fingerprint density at radius 3 is 3.18 bits per heavy atom. The van der Waals surface area contributed by atoms with Crippen molar-refractivity contribution in [2.24, 2.45) is 0 Å². The maximum absolute atomic E-state index is 9.31. The van der Waals surface area contributed by atoms with Gasteiger partial charge < -0.3 is 19.7 Å². The number of nitrogens with one attached hydrogen (secondary N) is 1. The minimum absolute atomic E-state index is 0.167. The molecule has 17 heavy (non-hydrogen) atoms. The van der Waals surface area contributed by atoms with Gasteiger partial charge in [-0.25, -0.2) is 0 Å². The van der Waals surface area contributed by atoms with Gasteiger partial charge in [0, 0.05) is 6.54 Å². The fourth-order valence-corrected chi connectivity index (χ4v) is 2.45. The van der Waals surface area contributed by atoms with Crippen molar-refractivity contribution in [2.75, 3.05) is 13.2 Å². The van der Waals surface area contributed by atoms with Crippen molar-refractivity contribution < 1.29 is 9.52 Å². The number of piperidine rings is 1. The predicted octanol–water partition coefficient (Wildman–Crippen LogP) is 1.50. The van der Waals surface area contributed by atoms with Crippen LogP contribution < -0.4 is 5.32 Å². The van der Waals surface area contributed by atoms with E-state index in [1.807, 2.05) is 12.1 Å². The van der Waals surface area contributed by atoms with E-state index in [-0.39, 0.29) is 12.6 Å². The molecule has 0 unspecified atom stereocenters. The maximum atomic E-state index is 9.31. The molecule has 0 aromatic carbocycles. The molecule has 94 valence electrons. The lowest BCUT2D eigenvalue weighted by atomic mass is 10.0. The molecule has 0 radical (unpaired) electrons. The van der Waals surface area contributed by atoms with E-state index >= 15 is 0 Å². The highest BCUT2D eigenvalue weighted by molar-refractivity contribution is 7.80. The van der Waals surface area contributed by atoms with E-state index in [0.717, 1.165) is 25.1 Å². The normalized spacial score (nSPS) is 20.3. The summed E-state index contributed by atoms with van der Waals surface area (Å²) < 4.78 is 5.23. The van der Waals surface area contributed by atoms with Crippen molar-refractivity contribution in [3.05, 3.63) is 24.2 Å². The van der Waals surface area contributed by atoms with Crippen LogP contribution in [0.2, 0.25) is 0 Å². The van der Waals surface area contributed by atoms with Gasteiger partial charge in [0.2, 0.25) is 0 Å². The Hall–Kier alpha value is -1.07. The van der Waals surface area contributed by atoms with Crippen LogP contribution in [0, 0.1) is 0 Å². The van der Waals surface area contributed by atoms with E-state index < -0.39 is 0 Å². The van der Waals surface area contributed by atoms with Crippen molar-refractivity contribution in [1.82, 2.24) is 10.2 Å². The number of hydrogen-bond acceptors (Lipinski definition) is 3. The first-order valence-electron chi connectivity index (χ1n) is 5.99. The molecule has 2 heterocycles. The molecular formula is C12H18N2O2S. The van der Waals surface area contributed by atoms with Gasteiger partial charge in [0.25, 0.3) is 0 Å². The molecule has 1 aliphatic heterocycles. The lowest BCUT2D eigenvalue weighted by Crippen LogP contribution is -2.49. The zero-order chi connectivity index (χ0) is 12.1. The second kappa shape index (κ2) is 6.02. The predicted molar refractivity (Wildman–Crippen MR) is 69.6 cm³/mol. The highest BCUT2D eigenvalue weighted by Crippen LogP contribution is 2.16. The van der Waals surface area contributed by atoms with Gasteiger partial charge in [0.05, 0.1) is 25.5 Å². The number of likely N-dealkylation sites (tertiary alicyclic amines) is 1. The minimum Gasteiger partial charge on any atom is -0.467 e. The first-order valence-corrected chi connectivity index (χ1v) is 6.40. The topological polar surface area (TPSA) is 48.6 Å². The fourth-order valence-electron chi connectivity index (χ4n) is 2.14. The van der Waals surface area contributed by atoms with E-state index in [2.05, 4.69) is 10.2 Å². The summed E-state index contributed by atoms with van der Waals surface area (Å²) in [7, 11) is 0. The number of thiocarbonyl (C=S) groups is 1. The molecule has 0 bridgehead atoms. The molecule has 1 aromatic rings. The molecule has 1 aromatic heterocycles. The summed E-state index contributed by atoms with van der Waals surface area (Å²) in [5.74, 6) is 0.866. The second-order valence-corrected chi connectivity index (χ2v) is 4.65. The van der Waals surface area contributed by atoms with Crippen LogP contribution in [0.15, 0.2) is 22.8 Å². The van der Waals surface area contributed by atoms with Gasteiger partial charge in [-0.15, -0.1) is 0 Å². The van der Waals surface area contributed by atoms with E-state index in [9.17, 15) is 5.11 Å². The number of furan rings is 1. The maximum Gasteiger partial charge on any atom is 0.169 e. The molecule has 4 nitrogen and oxygen atoms in total. The molecule has 1 aliphatic rings. The molecule has 0 spiro atoms. The number of aliphatic hydroxyl groups excluding tert-OH is 1. The fraction of sp³-hybridized carbons (Fsp3) is 0.583. The molecule has 0 amide bonds.